The first kappa shape index (κ1) is 20.7. The fourth-order valence-electron chi connectivity index (χ4n) is 3.71. The van der Waals surface area contributed by atoms with Crippen molar-refractivity contribution in [3.05, 3.63) is 46.4 Å². The SMILES string of the molecule is Cc1c(NC(C)C(=O)NC(=O)NC2CCCCC2)c(=O)n(-c2ccccc2)n1C. The molecule has 8 heteroatoms. The number of hydrogen-bond acceptors (Lipinski definition) is 4. The maximum Gasteiger partial charge on any atom is 0.321 e. The molecule has 3 rings (SSSR count). The predicted molar refractivity (Wildman–Crippen MR) is 112 cm³/mol. The Morgan fingerprint density at radius 3 is 2.41 bits per heavy atom. The molecule has 1 atom stereocenters. The lowest BCUT2D eigenvalue weighted by Gasteiger charge is -2.23. The molecule has 0 saturated heterocycles. The molecular weight excluding hydrogens is 370 g/mol. The molecule has 1 aliphatic rings. The topological polar surface area (TPSA) is 97.2 Å². The van der Waals surface area contributed by atoms with Gasteiger partial charge in [-0.1, -0.05) is 37.5 Å². The molecule has 3 amide bonds. The molecule has 1 heterocycles. The normalized spacial score (nSPS) is 15.6. The van der Waals surface area contributed by atoms with Crippen molar-refractivity contribution in [1.82, 2.24) is 20.0 Å². The quantitative estimate of drug-likeness (QED) is 0.719. The summed E-state index contributed by atoms with van der Waals surface area (Å²) in [5, 5.41) is 8.20. The van der Waals surface area contributed by atoms with Crippen LogP contribution in [0, 0.1) is 6.92 Å². The Bertz CT molecular complexity index is 926. The Labute approximate surface area is 170 Å². The second kappa shape index (κ2) is 8.98. The molecule has 1 unspecified atom stereocenters. The Morgan fingerprint density at radius 2 is 1.76 bits per heavy atom. The van der Waals surface area contributed by atoms with E-state index in [1.54, 1.807) is 18.7 Å². The number of para-hydroxylation sites is 1. The van der Waals surface area contributed by atoms with Gasteiger partial charge in [0.2, 0.25) is 5.91 Å². The van der Waals surface area contributed by atoms with Crippen molar-refractivity contribution in [2.45, 2.75) is 58.0 Å². The lowest BCUT2D eigenvalue weighted by Crippen LogP contribution is -2.49. The van der Waals surface area contributed by atoms with Crippen LogP contribution in [0.15, 0.2) is 35.1 Å². The number of urea groups is 1. The summed E-state index contributed by atoms with van der Waals surface area (Å²) in [5.74, 6) is -0.479. The Hall–Kier alpha value is -3.03. The van der Waals surface area contributed by atoms with Crippen LogP contribution in [0.3, 0.4) is 0 Å². The minimum atomic E-state index is -0.745. The molecule has 1 fully saturated rings. The van der Waals surface area contributed by atoms with Gasteiger partial charge in [-0.25, -0.2) is 9.48 Å². The van der Waals surface area contributed by atoms with Crippen molar-refractivity contribution < 1.29 is 9.59 Å². The van der Waals surface area contributed by atoms with Gasteiger partial charge in [0.15, 0.2) is 0 Å². The van der Waals surface area contributed by atoms with Crippen molar-refractivity contribution in [1.29, 1.82) is 0 Å². The first-order chi connectivity index (χ1) is 13.9. The van der Waals surface area contributed by atoms with Crippen molar-refractivity contribution in [3.8, 4) is 5.69 Å². The van der Waals surface area contributed by atoms with Gasteiger partial charge in [0.25, 0.3) is 5.56 Å². The van der Waals surface area contributed by atoms with Gasteiger partial charge >= 0.3 is 6.03 Å². The van der Waals surface area contributed by atoms with Crippen LogP contribution in [0.5, 0.6) is 0 Å². The van der Waals surface area contributed by atoms with Crippen molar-refractivity contribution in [2.75, 3.05) is 5.32 Å². The van der Waals surface area contributed by atoms with E-state index in [0.29, 0.717) is 11.4 Å². The van der Waals surface area contributed by atoms with E-state index in [9.17, 15) is 14.4 Å². The van der Waals surface area contributed by atoms with Gasteiger partial charge in [-0.05, 0) is 38.8 Å². The summed E-state index contributed by atoms with van der Waals surface area (Å²) in [5.41, 5.74) is 1.53. The molecule has 1 saturated carbocycles. The van der Waals surface area contributed by atoms with E-state index in [0.717, 1.165) is 31.4 Å². The average molecular weight is 399 g/mol. The summed E-state index contributed by atoms with van der Waals surface area (Å²) < 4.78 is 3.28. The first-order valence-corrected chi connectivity index (χ1v) is 10.1. The molecule has 8 nitrogen and oxygen atoms in total. The Morgan fingerprint density at radius 1 is 1.10 bits per heavy atom. The van der Waals surface area contributed by atoms with E-state index in [2.05, 4.69) is 16.0 Å². The fraction of sp³-hybridized carbons (Fsp3) is 0.476. The van der Waals surface area contributed by atoms with Crippen LogP contribution < -0.4 is 21.5 Å². The van der Waals surface area contributed by atoms with Gasteiger partial charge in [0.1, 0.15) is 11.7 Å². The smallest absolute Gasteiger partial charge is 0.321 e. The minimum Gasteiger partial charge on any atom is -0.368 e. The lowest BCUT2D eigenvalue weighted by molar-refractivity contribution is -0.120. The summed E-state index contributed by atoms with van der Waals surface area (Å²) in [6.07, 6.45) is 5.27. The van der Waals surface area contributed by atoms with E-state index in [1.807, 2.05) is 37.3 Å². The van der Waals surface area contributed by atoms with Gasteiger partial charge in [-0.2, -0.15) is 0 Å². The van der Waals surface area contributed by atoms with Crippen molar-refractivity contribution in [2.24, 2.45) is 7.05 Å². The van der Waals surface area contributed by atoms with Crippen LogP contribution in [0.25, 0.3) is 5.69 Å². The molecule has 0 radical (unpaired) electrons. The first-order valence-electron chi connectivity index (χ1n) is 10.1. The number of anilines is 1. The number of hydrogen-bond donors (Lipinski definition) is 3. The molecule has 0 bridgehead atoms. The third-order valence-corrected chi connectivity index (χ3v) is 5.49. The van der Waals surface area contributed by atoms with E-state index in [-0.39, 0.29) is 11.6 Å². The second-order valence-electron chi connectivity index (χ2n) is 7.60. The summed E-state index contributed by atoms with van der Waals surface area (Å²) in [7, 11) is 1.79. The standard InChI is InChI=1S/C21H29N5O3/c1-14(19(27)24-21(29)23-16-10-6-4-7-11-16)22-18-15(2)25(3)26(20(18)28)17-12-8-5-9-13-17/h5,8-9,12-14,16,22H,4,6-7,10-11H2,1-3H3,(H2,23,24,27,29). The number of amides is 3. The van der Waals surface area contributed by atoms with E-state index in [4.69, 9.17) is 0 Å². The zero-order valence-electron chi connectivity index (χ0n) is 17.2. The van der Waals surface area contributed by atoms with Gasteiger partial charge in [0.05, 0.1) is 11.4 Å². The number of aromatic nitrogens is 2. The van der Waals surface area contributed by atoms with Crippen LogP contribution in [0.4, 0.5) is 10.5 Å². The van der Waals surface area contributed by atoms with Crippen LogP contribution in [0.1, 0.15) is 44.7 Å². The maximum absolute atomic E-state index is 12.9. The monoisotopic (exact) mass is 399 g/mol. The molecule has 3 N–H and O–H groups in total. The van der Waals surface area contributed by atoms with E-state index in [1.165, 1.54) is 11.1 Å². The Kier molecular flexibility index (Phi) is 6.41. The highest BCUT2D eigenvalue weighted by Gasteiger charge is 2.23. The van der Waals surface area contributed by atoms with E-state index >= 15 is 0 Å². The fourth-order valence-corrected chi connectivity index (χ4v) is 3.71. The largest absolute Gasteiger partial charge is 0.368 e. The van der Waals surface area contributed by atoms with Crippen molar-refractivity contribution in [3.63, 3.8) is 0 Å². The highest BCUT2D eigenvalue weighted by molar-refractivity contribution is 5.98. The number of imide groups is 1. The Balaban J connectivity index is 1.67. The molecule has 0 aliphatic heterocycles. The second-order valence-corrected chi connectivity index (χ2v) is 7.60. The predicted octanol–water partition coefficient (Wildman–Crippen LogP) is 2.44. The molecule has 2 aromatic rings. The number of rotatable bonds is 5. The maximum atomic E-state index is 12.9. The van der Waals surface area contributed by atoms with E-state index < -0.39 is 18.0 Å². The van der Waals surface area contributed by atoms with Crippen LogP contribution in [-0.2, 0) is 11.8 Å². The number of nitrogens with zero attached hydrogens (tertiary/aromatic N) is 2. The summed E-state index contributed by atoms with van der Waals surface area (Å²) >= 11 is 0. The highest BCUT2D eigenvalue weighted by Crippen LogP contribution is 2.17. The van der Waals surface area contributed by atoms with Gasteiger partial charge in [-0.3, -0.25) is 19.6 Å². The number of benzene rings is 1. The third kappa shape index (κ3) is 4.70. The summed E-state index contributed by atoms with van der Waals surface area (Å²) in [6.45, 7) is 3.44. The molecule has 1 aromatic heterocycles. The zero-order valence-corrected chi connectivity index (χ0v) is 17.2. The van der Waals surface area contributed by atoms with Crippen molar-refractivity contribution >= 4 is 17.6 Å². The van der Waals surface area contributed by atoms with Gasteiger partial charge < -0.3 is 10.6 Å². The molecule has 156 valence electrons. The number of nitrogens with one attached hydrogen (secondary N) is 3. The lowest BCUT2D eigenvalue weighted by atomic mass is 9.96. The van der Waals surface area contributed by atoms with Gasteiger partial charge in [-0.15, -0.1) is 0 Å². The third-order valence-electron chi connectivity index (χ3n) is 5.49. The van der Waals surface area contributed by atoms with Gasteiger partial charge in [0, 0.05) is 13.1 Å². The number of carbonyl (C=O) groups excluding carboxylic acids is 2. The van der Waals surface area contributed by atoms with Crippen LogP contribution in [-0.4, -0.2) is 33.4 Å². The molecular formula is C21H29N5O3. The molecule has 1 aromatic carbocycles. The molecule has 1 aliphatic carbocycles. The molecule has 29 heavy (non-hydrogen) atoms. The minimum absolute atomic E-state index is 0.120. The van der Waals surface area contributed by atoms with Crippen LogP contribution in [0.2, 0.25) is 0 Å². The highest BCUT2D eigenvalue weighted by atomic mass is 16.2. The van der Waals surface area contributed by atoms with Crippen LogP contribution >= 0.6 is 0 Å². The summed E-state index contributed by atoms with van der Waals surface area (Å²) in [4.78, 5) is 37.5. The molecule has 0 spiro atoms. The number of carbonyl (C=O) groups is 2. The summed E-state index contributed by atoms with van der Waals surface area (Å²) in [6, 6.07) is 8.18. The zero-order chi connectivity index (χ0) is 21.0. The average Bonchev–Trinajstić information content (AvgIpc) is 2.92.